The summed E-state index contributed by atoms with van der Waals surface area (Å²) in [5, 5.41) is 3.87. The molecule has 9 nitrogen and oxygen atoms in total. The Bertz CT molecular complexity index is 1040. The number of nitrogens with one attached hydrogen (secondary N) is 2. The number of carbonyl (C=O) groups excluding carboxylic acids is 2. The summed E-state index contributed by atoms with van der Waals surface area (Å²) in [6, 6.07) is 7.59. The maximum atomic E-state index is 13.3. The molecule has 1 aromatic heterocycles. The Kier molecular flexibility index (Phi) is 5.10. The normalized spacial score (nSPS) is 16.1. The Hall–Kier alpha value is -3.14. The lowest BCUT2D eigenvalue weighted by Gasteiger charge is -2.19. The lowest BCUT2D eigenvalue weighted by atomic mass is 10.2. The Labute approximate surface area is 167 Å². The van der Waals surface area contributed by atoms with Crippen molar-refractivity contribution in [2.75, 3.05) is 13.3 Å². The first-order chi connectivity index (χ1) is 13.9. The van der Waals surface area contributed by atoms with E-state index in [4.69, 9.17) is 9.47 Å². The predicted molar refractivity (Wildman–Crippen MR) is 101 cm³/mol. The first-order valence-electron chi connectivity index (χ1n) is 9.07. The van der Waals surface area contributed by atoms with Gasteiger partial charge >= 0.3 is 11.8 Å². The summed E-state index contributed by atoms with van der Waals surface area (Å²) in [5.74, 6) is -0.833. The smallest absolute Gasteiger partial charge is 0.309 e. The Balaban J connectivity index is 1.58. The van der Waals surface area contributed by atoms with Crippen molar-refractivity contribution in [2.45, 2.75) is 29.0 Å². The van der Waals surface area contributed by atoms with E-state index in [0.29, 0.717) is 17.1 Å². The van der Waals surface area contributed by atoms with E-state index in [1.807, 2.05) is 0 Å². The molecule has 152 valence electrons. The van der Waals surface area contributed by atoms with Gasteiger partial charge < -0.3 is 20.1 Å². The van der Waals surface area contributed by atoms with Crippen molar-refractivity contribution in [1.29, 1.82) is 0 Å². The van der Waals surface area contributed by atoms with Crippen LogP contribution in [-0.4, -0.2) is 44.6 Å². The summed E-state index contributed by atoms with van der Waals surface area (Å²) in [5.41, 5.74) is 0.396. The number of sulfone groups is 1. The first-order valence-corrected chi connectivity index (χ1v) is 10.6. The summed E-state index contributed by atoms with van der Waals surface area (Å²) in [4.78, 5) is 28.0. The van der Waals surface area contributed by atoms with Crippen molar-refractivity contribution in [3.05, 3.63) is 48.3 Å². The van der Waals surface area contributed by atoms with Crippen molar-refractivity contribution < 1.29 is 27.5 Å². The van der Waals surface area contributed by atoms with Crippen molar-refractivity contribution in [1.82, 2.24) is 15.6 Å². The maximum Gasteiger partial charge on any atom is 0.309 e. The highest BCUT2D eigenvalue weighted by atomic mass is 32.2. The van der Waals surface area contributed by atoms with E-state index < -0.39 is 26.9 Å². The molecule has 10 heteroatoms. The molecule has 1 aliphatic heterocycles. The van der Waals surface area contributed by atoms with Crippen LogP contribution in [0.4, 0.5) is 0 Å². The zero-order chi connectivity index (χ0) is 20.4. The molecule has 4 rings (SSSR count). The second kappa shape index (κ2) is 7.70. The number of benzene rings is 1. The van der Waals surface area contributed by atoms with E-state index in [-0.39, 0.29) is 24.3 Å². The van der Waals surface area contributed by atoms with Gasteiger partial charge in [0.1, 0.15) is 5.25 Å². The summed E-state index contributed by atoms with van der Waals surface area (Å²) in [6.45, 7) is -0.254. The van der Waals surface area contributed by atoms with Crippen LogP contribution in [0.25, 0.3) is 0 Å². The molecule has 2 aromatic rings. The van der Waals surface area contributed by atoms with Gasteiger partial charge in [0.05, 0.1) is 4.90 Å². The molecule has 2 heterocycles. The predicted octanol–water partition coefficient (Wildman–Crippen LogP) is 0.720. The second-order valence-corrected chi connectivity index (χ2v) is 8.92. The first kappa shape index (κ1) is 19.2. The van der Waals surface area contributed by atoms with Gasteiger partial charge in [0.2, 0.25) is 6.79 Å². The molecular formula is C19H19N3O6S. The number of fused-ring (bicyclic) bond motifs is 1. The lowest BCUT2D eigenvalue weighted by molar-refractivity contribution is -0.139. The molecule has 0 radical (unpaired) electrons. The van der Waals surface area contributed by atoms with Gasteiger partial charge in [0.15, 0.2) is 21.3 Å². The van der Waals surface area contributed by atoms with Gasteiger partial charge in [-0.2, -0.15) is 0 Å². The van der Waals surface area contributed by atoms with Crippen LogP contribution in [0.3, 0.4) is 0 Å². The van der Waals surface area contributed by atoms with Crippen molar-refractivity contribution in [3.8, 4) is 11.5 Å². The van der Waals surface area contributed by atoms with E-state index in [0.717, 1.165) is 12.8 Å². The molecule has 1 atom stereocenters. The lowest BCUT2D eigenvalue weighted by Crippen LogP contribution is -2.43. The van der Waals surface area contributed by atoms with Gasteiger partial charge in [-0.1, -0.05) is 6.07 Å². The molecule has 0 spiro atoms. The van der Waals surface area contributed by atoms with Crippen molar-refractivity contribution >= 4 is 21.7 Å². The number of rotatable bonds is 6. The van der Waals surface area contributed by atoms with Gasteiger partial charge in [0, 0.05) is 31.0 Å². The summed E-state index contributed by atoms with van der Waals surface area (Å²) < 4.78 is 37.1. The number of amides is 2. The van der Waals surface area contributed by atoms with Crippen LogP contribution in [0.1, 0.15) is 23.7 Å². The largest absolute Gasteiger partial charge is 0.454 e. The van der Waals surface area contributed by atoms with Crippen molar-refractivity contribution in [3.63, 3.8) is 0 Å². The van der Waals surface area contributed by atoms with Crippen LogP contribution >= 0.6 is 0 Å². The molecule has 0 bridgehead atoms. The number of carbonyl (C=O) groups is 2. The molecule has 1 aromatic carbocycles. The fourth-order valence-electron chi connectivity index (χ4n) is 2.94. The number of hydrogen-bond donors (Lipinski definition) is 2. The van der Waals surface area contributed by atoms with E-state index in [1.54, 1.807) is 12.1 Å². The van der Waals surface area contributed by atoms with Crippen LogP contribution in [0, 0.1) is 0 Å². The van der Waals surface area contributed by atoms with Crippen LogP contribution in [0.5, 0.6) is 11.5 Å². The fourth-order valence-corrected chi connectivity index (χ4v) is 4.59. The fraction of sp³-hybridized carbons (Fsp3) is 0.316. The van der Waals surface area contributed by atoms with E-state index >= 15 is 0 Å². The number of aromatic nitrogens is 1. The third-order valence-corrected chi connectivity index (χ3v) is 6.77. The van der Waals surface area contributed by atoms with Crippen LogP contribution in [0.15, 0.2) is 47.6 Å². The Morgan fingerprint density at radius 3 is 2.66 bits per heavy atom. The van der Waals surface area contributed by atoms with Gasteiger partial charge in [-0.05, 0) is 36.6 Å². The number of pyridine rings is 1. The zero-order valence-electron chi connectivity index (χ0n) is 15.3. The van der Waals surface area contributed by atoms with Gasteiger partial charge in [-0.3, -0.25) is 14.6 Å². The maximum absolute atomic E-state index is 13.3. The monoisotopic (exact) mass is 417 g/mol. The molecule has 0 unspecified atom stereocenters. The van der Waals surface area contributed by atoms with Crippen molar-refractivity contribution in [2.24, 2.45) is 0 Å². The SMILES string of the molecule is O=C(NC[C@H](c1cccnc1)S(=O)(=O)c1ccc2c(c1)OCO2)C(=O)NC1CC1. The Morgan fingerprint density at radius 2 is 1.93 bits per heavy atom. The van der Waals surface area contributed by atoms with Crippen LogP contribution in [-0.2, 0) is 19.4 Å². The number of hydrogen-bond acceptors (Lipinski definition) is 7. The summed E-state index contributed by atoms with van der Waals surface area (Å²) >= 11 is 0. The van der Waals surface area contributed by atoms with Gasteiger partial charge in [-0.25, -0.2) is 8.42 Å². The topological polar surface area (TPSA) is 124 Å². The van der Waals surface area contributed by atoms with Crippen LogP contribution in [0.2, 0.25) is 0 Å². The minimum absolute atomic E-state index is 0.0206. The average Bonchev–Trinajstić information content (AvgIpc) is 3.40. The Morgan fingerprint density at radius 1 is 1.14 bits per heavy atom. The van der Waals surface area contributed by atoms with E-state index in [2.05, 4.69) is 15.6 Å². The molecule has 0 saturated heterocycles. The molecule has 2 amide bonds. The van der Waals surface area contributed by atoms with E-state index in [9.17, 15) is 18.0 Å². The van der Waals surface area contributed by atoms with Crippen LogP contribution < -0.4 is 20.1 Å². The molecule has 1 fully saturated rings. The molecular weight excluding hydrogens is 398 g/mol. The third-order valence-electron chi connectivity index (χ3n) is 4.67. The number of nitrogens with zero attached hydrogens (tertiary/aromatic N) is 1. The van der Waals surface area contributed by atoms with E-state index in [1.165, 1.54) is 30.6 Å². The highest BCUT2D eigenvalue weighted by Gasteiger charge is 2.33. The van der Waals surface area contributed by atoms with Gasteiger partial charge in [-0.15, -0.1) is 0 Å². The minimum atomic E-state index is -3.93. The molecule has 1 aliphatic carbocycles. The summed E-state index contributed by atoms with van der Waals surface area (Å²) in [6.07, 6.45) is 4.63. The molecule has 2 aliphatic rings. The highest BCUT2D eigenvalue weighted by Crippen LogP contribution is 2.37. The van der Waals surface area contributed by atoms with Gasteiger partial charge in [0.25, 0.3) is 0 Å². The molecule has 2 N–H and O–H groups in total. The third kappa shape index (κ3) is 4.16. The standard InChI is InChI=1S/C19H19N3O6S/c23-18(19(24)22-13-3-4-13)21-10-17(12-2-1-7-20-9-12)29(25,26)14-5-6-15-16(8-14)28-11-27-15/h1-2,5-9,13,17H,3-4,10-11H2,(H,21,23)(H,22,24)/t17-/m1/s1. The minimum Gasteiger partial charge on any atom is -0.454 e. The molecule has 1 saturated carbocycles. The number of ether oxygens (including phenoxy) is 2. The highest BCUT2D eigenvalue weighted by molar-refractivity contribution is 7.91. The summed E-state index contributed by atoms with van der Waals surface area (Å²) in [7, 11) is -3.93. The molecule has 29 heavy (non-hydrogen) atoms. The second-order valence-electron chi connectivity index (χ2n) is 6.79. The quantitative estimate of drug-likeness (QED) is 0.664. The average molecular weight is 417 g/mol. The zero-order valence-corrected chi connectivity index (χ0v) is 16.1.